The van der Waals surface area contributed by atoms with E-state index in [0.29, 0.717) is 19.3 Å². The van der Waals surface area contributed by atoms with Gasteiger partial charge in [-0.3, -0.25) is 14.3 Å². The molecule has 2 amide bonds. The zero-order valence-corrected chi connectivity index (χ0v) is 17.8. The van der Waals surface area contributed by atoms with E-state index in [0.717, 1.165) is 6.26 Å². The van der Waals surface area contributed by atoms with Gasteiger partial charge in [-0.15, -0.1) is 0 Å². The summed E-state index contributed by atoms with van der Waals surface area (Å²) in [5, 5.41) is 0. The van der Waals surface area contributed by atoms with E-state index < -0.39 is 37.3 Å². The van der Waals surface area contributed by atoms with Crippen LogP contribution in [-0.4, -0.2) is 40.7 Å². The summed E-state index contributed by atoms with van der Waals surface area (Å²) < 4.78 is 51.5. The van der Waals surface area contributed by atoms with Crippen LogP contribution >= 0.6 is 0 Å². The van der Waals surface area contributed by atoms with E-state index in [2.05, 4.69) is 0 Å². The Bertz CT molecular complexity index is 1040. The standard InChI is InChI=1S/C19H24N2O6S2/c1-3-4-14-29(26,27)20-17(22)15-10-6-7-11-16(15)19(12-8-5-9-13-19)18(23)21-28(2,24)25/h6-13H,3-5,14H2,1-2H3,(H,20,22)(H,21,23). The second-order valence-electron chi connectivity index (χ2n) is 6.76. The number of nitrogens with one attached hydrogen (secondary N) is 2. The minimum atomic E-state index is -3.85. The van der Waals surface area contributed by atoms with Gasteiger partial charge in [0.25, 0.3) is 11.8 Å². The molecule has 0 saturated heterocycles. The molecule has 0 spiro atoms. The number of allylic oxidation sites excluding steroid dienone is 2. The van der Waals surface area contributed by atoms with Crippen molar-refractivity contribution in [2.45, 2.75) is 31.6 Å². The fourth-order valence-electron chi connectivity index (χ4n) is 2.97. The molecule has 2 N–H and O–H groups in total. The number of unbranched alkanes of at least 4 members (excludes halogenated alkanes) is 1. The molecule has 158 valence electrons. The van der Waals surface area contributed by atoms with Crippen molar-refractivity contribution in [2.24, 2.45) is 0 Å². The van der Waals surface area contributed by atoms with Crippen LogP contribution < -0.4 is 9.44 Å². The summed E-state index contributed by atoms with van der Waals surface area (Å²) in [7, 11) is -7.69. The third kappa shape index (κ3) is 5.77. The Kier molecular flexibility index (Phi) is 7.02. The molecule has 0 unspecified atom stereocenters. The summed E-state index contributed by atoms with van der Waals surface area (Å²) in [6.45, 7) is 1.83. The second kappa shape index (κ2) is 8.91. The molecule has 0 atom stereocenters. The highest BCUT2D eigenvalue weighted by Gasteiger charge is 2.40. The van der Waals surface area contributed by atoms with Crippen molar-refractivity contribution < 1.29 is 26.4 Å². The van der Waals surface area contributed by atoms with Crippen molar-refractivity contribution in [3.8, 4) is 0 Å². The predicted octanol–water partition coefficient (Wildman–Crippen LogP) is 1.38. The average Bonchev–Trinajstić information content (AvgIpc) is 2.65. The van der Waals surface area contributed by atoms with Crippen LogP contribution in [-0.2, 0) is 30.3 Å². The zero-order valence-electron chi connectivity index (χ0n) is 16.2. The highest BCUT2D eigenvalue weighted by atomic mass is 32.2. The van der Waals surface area contributed by atoms with Crippen LogP contribution in [0.3, 0.4) is 0 Å². The van der Waals surface area contributed by atoms with Crippen LogP contribution in [0.1, 0.15) is 42.1 Å². The van der Waals surface area contributed by atoms with E-state index in [-0.39, 0.29) is 16.9 Å². The van der Waals surface area contributed by atoms with Gasteiger partial charge in [0.05, 0.1) is 12.0 Å². The summed E-state index contributed by atoms with van der Waals surface area (Å²) >= 11 is 0. The van der Waals surface area contributed by atoms with E-state index in [1.807, 2.05) is 16.4 Å². The monoisotopic (exact) mass is 440 g/mol. The number of benzene rings is 1. The Morgan fingerprint density at radius 1 is 1.03 bits per heavy atom. The molecular formula is C19H24N2O6S2. The van der Waals surface area contributed by atoms with Crippen molar-refractivity contribution in [3.05, 3.63) is 59.7 Å². The highest BCUT2D eigenvalue weighted by Crippen LogP contribution is 2.34. The molecule has 0 heterocycles. The van der Waals surface area contributed by atoms with E-state index in [9.17, 15) is 26.4 Å². The Labute approximate surface area is 171 Å². The number of sulfonamides is 2. The van der Waals surface area contributed by atoms with Gasteiger partial charge >= 0.3 is 0 Å². The van der Waals surface area contributed by atoms with E-state index in [1.54, 1.807) is 18.2 Å². The molecule has 8 nitrogen and oxygen atoms in total. The smallest absolute Gasteiger partial charge is 0.265 e. The van der Waals surface area contributed by atoms with Crippen LogP contribution in [0.4, 0.5) is 0 Å². The fourth-order valence-corrected chi connectivity index (χ4v) is 4.64. The molecule has 10 heteroatoms. The molecule has 1 aromatic rings. The lowest BCUT2D eigenvalue weighted by atomic mass is 9.75. The molecule has 0 saturated carbocycles. The Morgan fingerprint density at radius 2 is 1.66 bits per heavy atom. The van der Waals surface area contributed by atoms with Crippen molar-refractivity contribution in [3.63, 3.8) is 0 Å². The maximum atomic E-state index is 12.9. The van der Waals surface area contributed by atoms with Gasteiger partial charge < -0.3 is 0 Å². The van der Waals surface area contributed by atoms with Gasteiger partial charge in [-0.2, -0.15) is 0 Å². The third-order valence-electron chi connectivity index (χ3n) is 4.32. The lowest BCUT2D eigenvalue weighted by molar-refractivity contribution is -0.122. The number of amides is 2. The zero-order chi connectivity index (χ0) is 21.7. The van der Waals surface area contributed by atoms with Crippen molar-refractivity contribution in [2.75, 3.05) is 12.0 Å². The highest BCUT2D eigenvalue weighted by molar-refractivity contribution is 7.90. The quantitative estimate of drug-likeness (QED) is 0.588. The first-order valence-electron chi connectivity index (χ1n) is 9.03. The SMILES string of the molecule is CCCCS(=O)(=O)NC(=O)c1ccccc1C1(C(=O)NS(C)(=O)=O)C=CCC=C1. The molecule has 1 aromatic carbocycles. The van der Waals surface area contributed by atoms with Gasteiger partial charge in [-0.05, 0) is 24.5 Å². The van der Waals surface area contributed by atoms with Gasteiger partial charge in [-0.25, -0.2) is 21.6 Å². The van der Waals surface area contributed by atoms with E-state index in [1.165, 1.54) is 30.4 Å². The Morgan fingerprint density at radius 3 is 2.24 bits per heavy atom. The number of rotatable bonds is 8. The molecule has 1 aliphatic rings. The number of carbonyl (C=O) groups excluding carboxylic acids is 2. The largest absolute Gasteiger partial charge is 0.272 e. The van der Waals surface area contributed by atoms with Gasteiger partial charge in [0.15, 0.2) is 0 Å². The molecule has 0 radical (unpaired) electrons. The molecular weight excluding hydrogens is 416 g/mol. The fraction of sp³-hybridized carbons (Fsp3) is 0.368. The first kappa shape index (κ1) is 22.8. The van der Waals surface area contributed by atoms with Gasteiger partial charge in [0.1, 0.15) is 5.41 Å². The molecule has 29 heavy (non-hydrogen) atoms. The summed E-state index contributed by atoms with van der Waals surface area (Å²) in [6.07, 6.45) is 8.80. The van der Waals surface area contributed by atoms with E-state index >= 15 is 0 Å². The summed E-state index contributed by atoms with van der Waals surface area (Å²) in [5.74, 6) is -1.94. The maximum Gasteiger partial charge on any atom is 0.265 e. The predicted molar refractivity (Wildman–Crippen MR) is 110 cm³/mol. The first-order chi connectivity index (χ1) is 13.5. The Balaban J connectivity index is 2.51. The maximum absolute atomic E-state index is 12.9. The van der Waals surface area contributed by atoms with Crippen LogP contribution in [0.5, 0.6) is 0 Å². The molecule has 0 bridgehead atoms. The molecule has 1 aliphatic carbocycles. The van der Waals surface area contributed by atoms with Gasteiger partial charge in [0.2, 0.25) is 20.0 Å². The normalized spacial score (nSPS) is 15.7. The third-order valence-corrected chi connectivity index (χ3v) is 6.20. The van der Waals surface area contributed by atoms with E-state index in [4.69, 9.17) is 0 Å². The summed E-state index contributed by atoms with van der Waals surface area (Å²) in [5.41, 5.74) is -1.42. The van der Waals surface area contributed by atoms with Crippen LogP contribution in [0.25, 0.3) is 0 Å². The summed E-state index contributed by atoms with van der Waals surface area (Å²) in [6, 6.07) is 6.01. The molecule has 0 fully saturated rings. The molecule has 0 aliphatic heterocycles. The van der Waals surface area contributed by atoms with Crippen molar-refractivity contribution >= 4 is 31.9 Å². The lowest BCUT2D eigenvalue weighted by Crippen LogP contribution is -2.46. The lowest BCUT2D eigenvalue weighted by Gasteiger charge is -2.30. The average molecular weight is 441 g/mol. The topological polar surface area (TPSA) is 126 Å². The number of hydrogen-bond donors (Lipinski definition) is 2. The first-order valence-corrected chi connectivity index (χ1v) is 12.6. The van der Waals surface area contributed by atoms with Gasteiger partial charge in [0, 0.05) is 5.56 Å². The Hall–Kier alpha value is -2.46. The summed E-state index contributed by atoms with van der Waals surface area (Å²) in [4.78, 5) is 25.6. The van der Waals surface area contributed by atoms with Crippen LogP contribution in [0.2, 0.25) is 0 Å². The van der Waals surface area contributed by atoms with Gasteiger partial charge in [-0.1, -0.05) is 55.8 Å². The van der Waals surface area contributed by atoms with Crippen molar-refractivity contribution in [1.29, 1.82) is 0 Å². The second-order valence-corrected chi connectivity index (χ2v) is 10.4. The van der Waals surface area contributed by atoms with Crippen LogP contribution in [0.15, 0.2) is 48.6 Å². The number of hydrogen-bond acceptors (Lipinski definition) is 6. The van der Waals surface area contributed by atoms with Crippen LogP contribution in [0, 0.1) is 0 Å². The molecule has 0 aromatic heterocycles. The minimum Gasteiger partial charge on any atom is -0.272 e. The number of carbonyl (C=O) groups is 2. The van der Waals surface area contributed by atoms with Crippen molar-refractivity contribution in [1.82, 2.24) is 9.44 Å². The molecule has 2 rings (SSSR count). The minimum absolute atomic E-state index is 0.0348.